The number of piperidine rings is 1. The zero-order chi connectivity index (χ0) is 20.0. The molecule has 1 amide bonds. The first kappa shape index (κ1) is 20.2. The number of hydrogen-bond donors (Lipinski definition) is 1. The van der Waals surface area contributed by atoms with E-state index in [0.29, 0.717) is 30.3 Å². The van der Waals surface area contributed by atoms with Gasteiger partial charge in [0.1, 0.15) is 11.5 Å². The Balaban J connectivity index is 1.61. The fraction of sp³-hybridized carbons (Fsp3) is 0.350. The molecule has 0 saturated carbocycles. The molecule has 3 rings (SSSR count). The van der Waals surface area contributed by atoms with Gasteiger partial charge in [0.25, 0.3) is 5.91 Å². The highest BCUT2D eigenvalue weighted by Crippen LogP contribution is 2.23. The van der Waals surface area contributed by atoms with Gasteiger partial charge < -0.3 is 14.8 Å². The lowest BCUT2D eigenvalue weighted by Crippen LogP contribution is -2.35. The normalized spacial score (nSPS) is 15.0. The van der Waals surface area contributed by atoms with E-state index in [1.54, 1.807) is 49.6 Å². The van der Waals surface area contributed by atoms with Gasteiger partial charge in [-0.25, -0.2) is 8.42 Å². The molecule has 150 valence electrons. The van der Waals surface area contributed by atoms with Gasteiger partial charge in [-0.3, -0.25) is 4.79 Å². The summed E-state index contributed by atoms with van der Waals surface area (Å²) in [6, 6.07) is 13.2. The Morgan fingerprint density at radius 3 is 2.39 bits per heavy atom. The summed E-state index contributed by atoms with van der Waals surface area (Å²) in [7, 11) is -1.97. The third kappa shape index (κ3) is 5.02. The van der Waals surface area contributed by atoms with Crippen LogP contribution in [0.4, 0.5) is 5.69 Å². The van der Waals surface area contributed by atoms with Gasteiger partial charge in [0.15, 0.2) is 6.61 Å². The molecule has 0 aliphatic carbocycles. The summed E-state index contributed by atoms with van der Waals surface area (Å²) in [5.41, 5.74) is 0.418. The van der Waals surface area contributed by atoms with E-state index in [1.165, 1.54) is 10.4 Å². The molecule has 1 N–H and O–H groups in total. The second-order valence-electron chi connectivity index (χ2n) is 6.50. The summed E-state index contributed by atoms with van der Waals surface area (Å²) in [6.07, 6.45) is 2.80. The highest BCUT2D eigenvalue weighted by atomic mass is 32.2. The van der Waals surface area contributed by atoms with Crippen molar-refractivity contribution >= 4 is 21.6 Å². The van der Waals surface area contributed by atoms with Crippen LogP contribution in [0.1, 0.15) is 19.3 Å². The summed E-state index contributed by atoms with van der Waals surface area (Å²) in [5.74, 6) is 0.865. The van der Waals surface area contributed by atoms with Crippen molar-refractivity contribution in [2.75, 3.05) is 32.1 Å². The van der Waals surface area contributed by atoms with Gasteiger partial charge in [-0.1, -0.05) is 12.5 Å². The van der Waals surface area contributed by atoms with E-state index < -0.39 is 10.0 Å². The molecule has 0 atom stereocenters. The maximum Gasteiger partial charge on any atom is 0.262 e. The number of methoxy groups -OCH3 is 1. The molecule has 1 aliphatic heterocycles. The summed E-state index contributed by atoms with van der Waals surface area (Å²) >= 11 is 0. The number of nitrogens with one attached hydrogen (secondary N) is 1. The molecule has 28 heavy (non-hydrogen) atoms. The first-order valence-electron chi connectivity index (χ1n) is 9.16. The summed E-state index contributed by atoms with van der Waals surface area (Å²) < 4.78 is 37.5. The Labute approximate surface area is 165 Å². The van der Waals surface area contributed by atoms with Gasteiger partial charge >= 0.3 is 0 Å². The molecule has 2 aromatic rings. The molecular weight excluding hydrogens is 380 g/mol. The van der Waals surface area contributed by atoms with Crippen LogP contribution < -0.4 is 14.8 Å². The van der Waals surface area contributed by atoms with E-state index in [-0.39, 0.29) is 17.4 Å². The van der Waals surface area contributed by atoms with Crippen molar-refractivity contribution in [1.82, 2.24) is 4.31 Å². The largest absolute Gasteiger partial charge is 0.497 e. The molecule has 0 aromatic heterocycles. The minimum absolute atomic E-state index is 0.184. The standard InChI is InChI=1S/C20H24N2O5S/c1-26-17-8-10-18(11-9-17)27-15-20(23)21-16-6-5-7-19(14-16)28(24,25)22-12-3-2-4-13-22/h5-11,14H,2-4,12-13,15H2,1H3,(H,21,23). The highest BCUT2D eigenvalue weighted by molar-refractivity contribution is 7.89. The molecule has 8 heteroatoms. The highest BCUT2D eigenvalue weighted by Gasteiger charge is 2.26. The lowest BCUT2D eigenvalue weighted by atomic mass is 10.2. The minimum atomic E-state index is -3.54. The van der Waals surface area contributed by atoms with Crippen molar-refractivity contribution in [2.24, 2.45) is 0 Å². The molecule has 0 bridgehead atoms. The van der Waals surface area contributed by atoms with Crippen LogP contribution in [0.3, 0.4) is 0 Å². The molecule has 1 aliphatic rings. The summed E-state index contributed by atoms with van der Waals surface area (Å²) in [4.78, 5) is 12.3. The second-order valence-corrected chi connectivity index (χ2v) is 8.44. The number of nitrogens with zero attached hydrogens (tertiary/aromatic N) is 1. The number of hydrogen-bond acceptors (Lipinski definition) is 5. The van der Waals surface area contributed by atoms with Crippen molar-refractivity contribution in [2.45, 2.75) is 24.2 Å². The first-order valence-corrected chi connectivity index (χ1v) is 10.6. The van der Waals surface area contributed by atoms with E-state index in [0.717, 1.165) is 19.3 Å². The first-order chi connectivity index (χ1) is 13.5. The third-order valence-electron chi connectivity index (χ3n) is 4.50. The Morgan fingerprint density at radius 1 is 1.04 bits per heavy atom. The maximum atomic E-state index is 12.8. The number of carbonyl (C=O) groups excluding carboxylic acids is 1. The van der Waals surface area contributed by atoms with E-state index in [1.807, 2.05) is 0 Å². The molecule has 1 saturated heterocycles. The predicted molar refractivity (Wildman–Crippen MR) is 106 cm³/mol. The van der Waals surface area contributed by atoms with E-state index >= 15 is 0 Å². The summed E-state index contributed by atoms with van der Waals surface area (Å²) in [5, 5.41) is 2.68. The molecule has 7 nitrogen and oxygen atoms in total. The number of anilines is 1. The third-order valence-corrected chi connectivity index (χ3v) is 6.39. The van der Waals surface area contributed by atoms with Crippen LogP contribution in [0.2, 0.25) is 0 Å². The van der Waals surface area contributed by atoms with Gasteiger partial charge in [-0.2, -0.15) is 4.31 Å². The minimum Gasteiger partial charge on any atom is -0.497 e. The van der Waals surface area contributed by atoms with Crippen molar-refractivity contribution in [3.63, 3.8) is 0 Å². The van der Waals surface area contributed by atoms with Crippen molar-refractivity contribution in [3.8, 4) is 11.5 Å². The van der Waals surface area contributed by atoms with Crippen molar-refractivity contribution in [3.05, 3.63) is 48.5 Å². The molecule has 1 heterocycles. The molecule has 1 fully saturated rings. The van der Waals surface area contributed by atoms with Crippen LogP contribution in [-0.4, -0.2) is 45.4 Å². The number of benzene rings is 2. The van der Waals surface area contributed by atoms with Gasteiger partial charge in [0.05, 0.1) is 12.0 Å². The average molecular weight is 404 g/mol. The van der Waals surface area contributed by atoms with Crippen molar-refractivity contribution < 1.29 is 22.7 Å². The molecular formula is C20H24N2O5S. The number of ether oxygens (including phenoxy) is 2. The van der Waals surface area contributed by atoms with Crippen molar-refractivity contribution in [1.29, 1.82) is 0 Å². The van der Waals surface area contributed by atoms with Crippen LogP contribution in [-0.2, 0) is 14.8 Å². The molecule has 0 unspecified atom stereocenters. The maximum absolute atomic E-state index is 12.8. The summed E-state index contributed by atoms with van der Waals surface area (Å²) in [6.45, 7) is 0.888. The smallest absolute Gasteiger partial charge is 0.262 e. The second kappa shape index (κ2) is 9.07. The number of amides is 1. The van der Waals surface area contributed by atoms with E-state index in [2.05, 4.69) is 5.32 Å². The van der Waals surface area contributed by atoms with E-state index in [4.69, 9.17) is 9.47 Å². The predicted octanol–water partition coefficient (Wildman–Crippen LogP) is 2.89. The Kier molecular flexibility index (Phi) is 6.53. The van der Waals surface area contributed by atoms with Crippen LogP contribution in [0.25, 0.3) is 0 Å². The lowest BCUT2D eigenvalue weighted by Gasteiger charge is -2.26. The van der Waals surface area contributed by atoms with Gasteiger partial charge in [0, 0.05) is 18.8 Å². The fourth-order valence-electron chi connectivity index (χ4n) is 3.01. The van der Waals surface area contributed by atoms with E-state index in [9.17, 15) is 13.2 Å². The Bertz CT molecular complexity index is 906. The zero-order valence-corrected chi connectivity index (χ0v) is 16.6. The van der Waals surface area contributed by atoms with Crippen LogP contribution in [0, 0.1) is 0 Å². The Morgan fingerprint density at radius 2 is 1.71 bits per heavy atom. The van der Waals surface area contributed by atoms with Gasteiger partial charge in [-0.05, 0) is 55.3 Å². The number of rotatable bonds is 7. The molecule has 0 radical (unpaired) electrons. The number of sulfonamides is 1. The van der Waals surface area contributed by atoms with Gasteiger partial charge in [-0.15, -0.1) is 0 Å². The van der Waals surface area contributed by atoms with Crippen LogP contribution in [0.15, 0.2) is 53.4 Å². The average Bonchev–Trinajstić information content (AvgIpc) is 2.73. The van der Waals surface area contributed by atoms with Crippen LogP contribution >= 0.6 is 0 Å². The Hall–Kier alpha value is -2.58. The SMILES string of the molecule is COc1ccc(OCC(=O)Nc2cccc(S(=O)(=O)N3CCCCC3)c2)cc1. The lowest BCUT2D eigenvalue weighted by molar-refractivity contribution is -0.118. The quantitative estimate of drug-likeness (QED) is 0.767. The van der Waals surface area contributed by atoms with Crippen LogP contribution in [0.5, 0.6) is 11.5 Å². The molecule has 2 aromatic carbocycles. The number of carbonyl (C=O) groups is 1. The topological polar surface area (TPSA) is 84.9 Å². The van der Waals surface area contributed by atoms with Gasteiger partial charge in [0.2, 0.25) is 10.0 Å². The monoisotopic (exact) mass is 404 g/mol. The zero-order valence-electron chi connectivity index (χ0n) is 15.8. The fourth-order valence-corrected chi connectivity index (χ4v) is 4.57. The molecule has 0 spiro atoms.